The normalized spacial score (nSPS) is 10.3. The Bertz CT molecular complexity index is 579. The largest absolute Gasteiger partial charge is 0.398 e. The first-order valence-corrected chi connectivity index (χ1v) is 5.88. The van der Waals surface area contributed by atoms with Crippen LogP contribution >= 0.6 is 11.6 Å². The molecule has 0 saturated carbocycles. The van der Waals surface area contributed by atoms with Gasteiger partial charge in [-0.05, 0) is 19.1 Å². The van der Waals surface area contributed by atoms with E-state index in [1.54, 1.807) is 35.1 Å². The summed E-state index contributed by atoms with van der Waals surface area (Å²) in [4.78, 5) is 12.0. The van der Waals surface area contributed by atoms with E-state index in [1.165, 1.54) is 0 Å². The Kier molecular flexibility index (Phi) is 3.53. The minimum Gasteiger partial charge on any atom is -0.398 e. The van der Waals surface area contributed by atoms with Gasteiger partial charge in [-0.15, -0.1) is 0 Å². The number of benzene rings is 1. The number of aromatic nitrogens is 2. The molecule has 6 heteroatoms. The molecule has 94 valence electrons. The van der Waals surface area contributed by atoms with E-state index in [1.807, 2.05) is 6.92 Å². The lowest BCUT2D eigenvalue weighted by atomic mass is 10.2. The number of nitrogens with zero attached hydrogens (tertiary/aromatic N) is 2. The van der Waals surface area contributed by atoms with Crippen LogP contribution < -0.4 is 11.1 Å². The van der Waals surface area contributed by atoms with Gasteiger partial charge in [-0.3, -0.25) is 9.48 Å². The van der Waals surface area contributed by atoms with E-state index in [2.05, 4.69) is 10.4 Å². The molecule has 3 N–H and O–H groups in total. The van der Waals surface area contributed by atoms with Gasteiger partial charge in [-0.1, -0.05) is 17.7 Å². The first kappa shape index (κ1) is 12.4. The summed E-state index contributed by atoms with van der Waals surface area (Å²) < 4.78 is 1.72. The van der Waals surface area contributed by atoms with E-state index < -0.39 is 0 Å². The minimum atomic E-state index is -0.325. The SMILES string of the molecule is CCn1ccc(NC(=O)c2cccc(N)c2Cl)n1. The highest BCUT2D eigenvalue weighted by Crippen LogP contribution is 2.23. The Morgan fingerprint density at radius 1 is 1.50 bits per heavy atom. The minimum absolute atomic E-state index is 0.255. The van der Waals surface area contributed by atoms with E-state index in [0.29, 0.717) is 17.1 Å². The van der Waals surface area contributed by atoms with E-state index in [9.17, 15) is 4.79 Å². The van der Waals surface area contributed by atoms with Gasteiger partial charge in [0.15, 0.2) is 5.82 Å². The number of carbonyl (C=O) groups is 1. The fourth-order valence-electron chi connectivity index (χ4n) is 1.51. The molecule has 0 aliphatic carbocycles. The van der Waals surface area contributed by atoms with Gasteiger partial charge in [0.1, 0.15) is 0 Å². The van der Waals surface area contributed by atoms with Gasteiger partial charge in [0, 0.05) is 18.8 Å². The average molecular weight is 265 g/mol. The quantitative estimate of drug-likeness (QED) is 0.836. The highest BCUT2D eigenvalue weighted by molar-refractivity contribution is 6.36. The Morgan fingerprint density at radius 3 is 2.94 bits per heavy atom. The van der Waals surface area contributed by atoms with Crippen LogP contribution in [0.3, 0.4) is 0 Å². The van der Waals surface area contributed by atoms with E-state index in [-0.39, 0.29) is 10.9 Å². The molecule has 0 aliphatic heterocycles. The third kappa shape index (κ3) is 2.46. The number of nitrogen functional groups attached to an aromatic ring is 1. The highest BCUT2D eigenvalue weighted by Gasteiger charge is 2.13. The molecular weight excluding hydrogens is 252 g/mol. The molecule has 0 fully saturated rings. The molecule has 2 aromatic rings. The van der Waals surface area contributed by atoms with Gasteiger partial charge in [0.05, 0.1) is 16.3 Å². The lowest BCUT2D eigenvalue weighted by Gasteiger charge is -2.06. The molecule has 1 amide bonds. The van der Waals surface area contributed by atoms with E-state index in [0.717, 1.165) is 6.54 Å². The van der Waals surface area contributed by atoms with Gasteiger partial charge in [0.25, 0.3) is 5.91 Å². The average Bonchev–Trinajstić information content (AvgIpc) is 2.80. The van der Waals surface area contributed by atoms with Crippen molar-refractivity contribution < 1.29 is 4.79 Å². The van der Waals surface area contributed by atoms with Gasteiger partial charge in [-0.2, -0.15) is 5.10 Å². The molecule has 0 spiro atoms. The van der Waals surface area contributed by atoms with Crippen molar-refractivity contribution in [3.8, 4) is 0 Å². The van der Waals surface area contributed by atoms with E-state index >= 15 is 0 Å². The second-order valence-corrected chi connectivity index (χ2v) is 4.10. The van der Waals surface area contributed by atoms with E-state index in [4.69, 9.17) is 17.3 Å². The number of anilines is 2. The Labute approximate surface area is 110 Å². The van der Waals surface area contributed by atoms with Gasteiger partial charge < -0.3 is 11.1 Å². The molecule has 5 nitrogen and oxygen atoms in total. The first-order chi connectivity index (χ1) is 8.61. The molecule has 1 aromatic heterocycles. The van der Waals surface area contributed by atoms with Crippen molar-refractivity contribution in [1.29, 1.82) is 0 Å². The summed E-state index contributed by atoms with van der Waals surface area (Å²) in [5.41, 5.74) is 6.36. The molecular formula is C12H13ClN4O. The summed E-state index contributed by atoms with van der Waals surface area (Å²) in [5.74, 6) is 0.161. The molecule has 0 radical (unpaired) electrons. The zero-order valence-corrected chi connectivity index (χ0v) is 10.6. The van der Waals surface area contributed by atoms with Crippen molar-refractivity contribution in [1.82, 2.24) is 9.78 Å². The standard InChI is InChI=1S/C12H13ClN4O/c1-2-17-7-6-10(16-17)15-12(18)8-4-3-5-9(14)11(8)13/h3-7H,2,14H2,1H3,(H,15,16,18). The number of nitrogens with one attached hydrogen (secondary N) is 1. The maximum atomic E-state index is 12.0. The zero-order chi connectivity index (χ0) is 13.1. The first-order valence-electron chi connectivity index (χ1n) is 5.50. The molecule has 0 aliphatic rings. The number of nitrogens with two attached hydrogens (primary N) is 1. The molecule has 0 bridgehead atoms. The predicted octanol–water partition coefficient (Wildman–Crippen LogP) is 2.39. The number of halogens is 1. The smallest absolute Gasteiger partial charge is 0.258 e. The summed E-state index contributed by atoms with van der Waals surface area (Å²) in [6.07, 6.45) is 1.79. The lowest BCUT2D eigenvalue weighted by molar-refractivity contribution is 0.102. The Balaban J connectivity index is 2.19. The molecule has 0 atom stereocenters. The third-order valence-electron chi connectivity index (χ3n) is 2.48. The van der Waals surface area contributed by atoms with Crippen LogP contribution in [-0.2, 0) is 6.54 Å². The second-order valence-electron chi connectivity index (χ2n) is 3.72. The molecule has 0 unspecified atom stereocenters. The number of aryl methyl sites for hydroxylation is 1. The number of rotatable bonds is 3. The summed E-state index contributed by atoms with van der Waals surface area (Å²) in [7, 11) is 0. The lowest BCUT2D eigenvalue weighted by Crippen LogP contribution is -2.13. The van der Waals surface area contributed by atoms with Crippen LogP contribution in [0.4, 0.5) is 11.5 Å². The number of hydrogen-bond acceptors (Lipinski definition) is 3. The molecule has 0 saturated heterocycles. The van der Waals surface area contributed by atoms with Crippen molar-refractivity contribution in [2.45, 2.75) is 13.5 Å². The van der Waals surface area contributed by atoms with Crippen molar-refractivity contribution in [3.05, 3.63) is 41.0 Å². The summed E-state index contributed by atoms with van der Waals surface area (Å²) >= 11 is 5.98. The predicted molar refractivity (Wildman–Crippen MR) is 71.7 cm³/mol. The Morgan fingerprint density at radius 2 is 2.28 bits per heavy atom. The van der Waals surface area contributed by atoms with Crippen LogP contribution in [-0.4, -0.2) is 15.7 Å². The monoisotopic (exact) mass is 264 g/mol. The molecule has 2 rings (SSSR count). The van der Waals surface area contributed by atoms with Crippen molar-refractivity contribution in [2.24, 2.45) is 0 Å². The number of amides is 1. The fraction of sp³-hybridized carbons (Fsp3) is 0.167. The maximum absolute atomic E-state index is 12.0. The maximum Gasteiger partial charge on any atom is 0.258 e. The number of hydrogen-bond donors (Lipinski definition) is 2. The van der Waals surface area contributed by atoms with Crippen molar-refractivity contribution >= 4 is 29.0 Å². The molecule has 18 heavy (non-hydrogen) atoms. The second kappa shape index (κ2) is 5.10. The van der Waals surface area contributed by atoms with Gasteiger partial charge >= 0.3 is 0 Å². The number of carbonyl (C=O) groups excluding carboxylic acids is 1. The molecule has 1 heterocycles. The highest BCUT2D eigenvalue weighted by atomic mass is 35.5. The fourth-order valence-corrected chi connectivity index (χ4v) is 1.73. The van der Waals surface area contributed by atoms with Crippen LogP contribution in [0.2, 0.25) is 5.02 Å². The topological polar surface area (TPSA) is 72.9 Å². The van der Waals surface area contributed by atoms with Crippen LogP contribution in [0, 0.1) is 0 Å². The summed E-state index contributed by atoms with van der Waals surface area (Å²) in [5, 5.41) is 7.08. The summed E-state index contributed by atoms with van der Waals surface area (Å²) in [6, 6.07) is 6.66. The molecule has 1 aromatic carbocycles. The van der Waals surface area contributed by atoms with Crippen LogP contribution in [0.15, 0.2) is 30.5 Å². The van der Waals surface area contributed by atoms with Crippen molar-refractivity contribution in [3.63, 3.8) is 0 Å². The van der Waals surface area contributed by atoms with Crippen LogP contribution in [0.25, 0.3) is 0 Å². The van der Waals surface area contributed by atoms with Crippen LogP contribution in [0.5, 0.6) is 0 Å². The summed E-state index contributed by atoms with van der Waals surface area (Å²) in [6.45, 7) is 2.71. The van der Waals surface area contributed by atoms with Crippen molar-refractivity contribution in [2.75, 3.05) is 11.1 Å². The zero-order valence-electron chi connectivity index (χ0n) is 9.85. The Hall–Kier alpha value is -2.01. The third-order valence-corrected chi connectivity index (χ3v) is 2.90. The van der Waals surface area contributed by atoms with Gasteiger partial charge in [-0.25, -0.2) is 0 Å². The van der Waals surface area contributed by atoms with Crippen LogP contribution in [0.1, 0.15) is 17.3 Å². The van der Waals surface area contributed by atoms with Gasteiger partial charge in [0.2, 0.25) is 0 Å².